The molecule has 5 heterocycles. The zero-order valence-electron chi connectivity index (χ0n) is 19.9. The maximum atomic E-state index is 12.1. The van der Waals surface area contributed by atoms with Crippen molar-refractivity contribution in [1.82, 2.24) is 24.9 Å². The van der Waals surface area contributed by atoms with Crippen molar-refractivity contribution in [3.63, 3.8) is 0 Å². The third-order valence-corrected chi connectivity index (χ3v) is 7.47. The van der Waals surface area contributed by atoms with E-state index in [1.54, 1.807) is 0 Å². The van der Waals surface area contributed by atoms with Crippen LogP contribution in [0.5, 0.6) is 0 Å². The molecule has 31 heavy (non-hydrogen) atoms. The topological polar surface area (TPSA) is 51.3 Å². The number of nitrogens with zero attached hydrogens (tertiary/aromatic N) is 4. The molecule has 4 atom stereocenters. The molecule has 0 aromatic carbocycles. The fourth-order valence-corrected chi connectivity index (χ4v) is 5.82. The van der Waals surface area contributed by atoms with Crippen LogP contribution in [0.15, 0.2) is 0 Å². The quantitative estimate of drug-likeness (QED) is 0.525. The Hall–Kier alpha value is 0.0700. The van der Waals surface area contributed by atoms with E-state index >= 15 is 0 Å². The summed E-state index contributed by atoms with van der Waals surface area (Å²) in [6, 6.07) is 3.86. The van der Waals surface area contributed by atoms with Gasteiger partial charge in [-0.2, -0.15) is 0 Å². The number of likely N-dealkylation sites (tertiary alicyclic amines) is 4. The molecule has 1 N–H and O–H groups in total. The maximum absolute atomic E-state index is 12.1. The minimum atomic E-state index is -0.396. The molecule has 5 aliphatic rings. The average Bonchev–Trinajstić information content (AvgIpc) is 3.41. The van der Waals surface area contributed by atoms with E-state index in [9.17, 15) is 4.79 Å². The van der Waals surface area contributed by atoms with Gasteiger partial charge in [0.05, 0.1) is 0 Å². The normalized spacial score (nSPS) is 33.5. The second-order valence-electron chi connectivity index (χ2n) is 10.8. The van der Waals surface area contributed by atoms with Gasteiger partial charge in [-0.3, -0.25) is 4.90 Å². The molecule has 1 amide bonds. The van der Waals surface area contributed by atoms with Crippen LogP contribution in [0.2, 0.25) is 0 Å². The molecular weight excluding hydrogens is 526 g/mol. The van der Waals surface area contributed by atoms with E-state index in [0.717, 1.165) is 50.1 Å². The smallest absolute Gasteiger partial charge is 0.410 e. The summed E-state index contributed by atoms with van der Waals surface area (Å²) >= 11 is 0. The van der Waals surface area contributed by atoms with Crippen LogP contribution in [-0.2, 0) is 4.74 Å². The minimum absolute atomic E-state index is 0. The lowest BCUT2D eigenvalue weighted by Gasteiger charge is -2.42. The first-order valence-corrected chi connectivity index (χ1v) is 11.6. The molecule has 0 radical (unpaired) electrons. The van der Waals surface area contributed by atoms with Gasteiger partial charge >= 0.3 is 6.09 Å². The average molecular weight is 569 g/mol. The Labute approximate surface area is 209 Å². The molecule has 0 aliphatic carbocycles. The number of fused-ring (bicyclic) bond motifs is 4. The molecule has 0 saturated carbocycles. The lowest BCUT2D eigenvalue weighted by molar-refractivity contribution is 0.0101. The Morgan fingerprint density at radius 1 is 0.871 bits per heavy atom. The Morgan fingerprint density at radius 2 is 1.52 bits per heavy atom. The number of piperidine rings is 1. The molecule has 5 fully saturated rings. The third-order valence-electron chi connectivity index (χ3n) is 7.47. The number of carbonyl (C=O) groups excluding carboxylic acids is 1. The minimum Gasteiger partial charge on any atom is -0.444 e. The molecule has 0 spiro atoms. The maximum Gasteiger partial charge on any atom is 0.410 e. The van der Waals surface area contributed by atoms with Gasteiger partial charge in [-0.25, -0.2) is 4.79 Å². The number of ether oxygens (including phenoxy) is 1. The van der Waals surface area contributed by atoms with Crippen molar-refractivity contribution in [2.24, 2.45) is 0 Å². The van der Waals surface area contributed by atoms with Gasteiger partial charge in [0.15, 0.2) is 0 Å². The van der Waals surface area contributed by atoms with Crippen LogP contribution in [0.1, 0.15) is 46.5 Å². The van der Waals surface area contributed by atoms with Gasteiger partial charge in [-0.1, -0.05) is 0 Å². The number of halogens is 2. The van der Waals surface area contributed by atoms with Gasteiger partial charge in [0.1, 0.15) is 5.60 Å². The number of nitrogens with one attached hydrogen (secondary N) is 1. The van der Waals surface area contributed by atoms with Gasteiger partial charge in [0, 0.05) is 69.5 Å². The van der Waals surface area contributed by atoms with E-state index in [1.807, 2.05) is 25.7 Å². The summed E-state index contributed by atoms with van der Waals surface area (Å²) in [4.78, 5) is 21.6. The Morgan fingerprint density at radius 3 is 1.90 bits per heavy atom. The molecule has 0 aromatic rings. The fraction of sp³-hybridized carbons (Fsp3) is 0.955. The summed E-state index contributed by atoms with van der Waals surface area (Å²) in [5.41, 5.74) is -0.396. The number of likely N-dealkylation sites (N-methyl/N-ethyl adjacent to an activating group) is 2. The van der Waals surface area contributed by atoms with Crippen LogP contribution in [0, 0.1) is 0 Å². The molecule has 5 rings (SSSR count). The van der Waals surface area contributed by atoms with Gasteiger partial charge < -0.3 is 24.8 Å². The SMILES string of the molecule is Br.Br.CN1CC2CC1CN2.CN1CC2CC1CN2C1CCN(C(=O)OC(C)(C)C)CC1. The van der Waals surface area contributed by atoms with Crippen LogP contribution in [0.4, 0.5) is 4.79 Å². The first-order chi connectivity index (χ1) is 13.7. The Bertz CT molecular complexity index is 593. The Kier molecular flexibility index (Phi) is 9.69. The highest BCUT2D eigenvalue weighted by Gasteiger charge is 2.44. The van der Waals surface area contributed by atoms with Gasteiger partial charge in [-0.05, 0) is 60.5 Å². The number of amides is 1. The lowest BCUT2D eigenvalue weighted by Crippen LogP contribution is -2.53. The Balaban J connectivity index is 0.000000287. The standard InChI is InChI=1S/C16H29N3O2.C6H12N2.2BrH/c1-16(2,3)21-15(20)18-7-5-12(6-8-18)19-11-13-9-14(19)10-17(13)4;1-8-4-5-2-6(8)3-7-5;;/h12-14H,5-11H2,1-4H3;5-7H,2-4H2,1H3;2*1H. The van der Waals surface area contributed by atoms with Gasteiger partial charge in [0.2, 0.25) is 0 Å². The van der Waals surface area contributed by atoms with Gasteiger partial charge in [-0.15, -0.1) is 34.0 Å². The zero-order chi connectivity index (χ0) is 20.8. The second kappa shape index (κ2) is 11.0. The van der Waals surface area contributed by atoms with Crippen molar-refractivity contribution in [2.75, 3.05) is 53.4 Å². The van der Waals surface area contributed by atoms with Crippen LogP contribution < -0.4 is 5.32 Å². The highest BCUT2D eigenvalue weighted by molar-refractivity contribution is 8.93. The number of hydrogen-bond acceptors (Lipinski definition) is 6. The van der Waals surface area contributed by atoms with Crippen molar-refractivity contribution >= 4 is 40.1 Å². The van der Waals surface area contributed by atoms with Gasteiger partial charge in [0.25, 0.3) is 0 Å². The van der Waals surface area contributed by atoms with E-state index in [4.69, 9.17) is 4.74 Å². The number of carbonyl (C=O) groups is 1. The van der Waals surface area contributed by atoms with E-state index in [2.05, 4.69) is 34.1 Å². The molecule has 4 unspecified atom stereocenters. The molecule has 4 bridgehead atoms. The molecule has 182 valence electrons. The summed E-state index contributed by atoms with van der Waals surface area (Å²) in [6.07, 6.45) is 4.75. The van der Waals surface area contributed by atoms with Crippen molar-refractivity contribution in [1.29, 1.82) is 0 Å². The van der Waals surface area contributed by atoms with Crippen molar-refractivity contribution < 1.29 is 9.53 Å². The van der Waals surface area contributed by atoms with Crippen molar-refractivity contribution in [3.8, 4) is 0 Å². The molecule has 7 nitrogen and oxygen atoms in total. The predicted molar refractivity (Wildman–Crippen MR) is 136 cm³/mol. The number of piperazine rings is 2. The molecule has 5 aliphatic heterocycles. The lowest BCUT2D eigenvalue weighted by atomic mass is 10.0. The number of rotatable bonds is 1. The summed E-state index contributed by atoms with van der Waals surface area (Å²) < 4.78 is 5.47. The van der Waals surface area contributed by atoms with E-state index in [0.29, 0.717) is 6.04 Å². The zero-order valence-corrected chi connectivity index (χ0v) is 23.3. The third kappa shape index (κ3) is 6.57. The highest BCUT2D eigenvalue weighted by atomic mass is 79.9. The molecule has 5 saturated heterocycles. The van der Waals surface area contributed by atoms with Crippen molar-refractivity contribution in [2.45, 2.75) is 82.3 Å². The van der Waals surface area contributed by atoms with E-state index in [1.165, 1.54) is 39.0 Å². The summed E-state index contributed by atoms with van der Waals surface area (Å²) in [6.45, 7) is 12.4. The van der Waals surface area contributed by atoms with Crippen LogP contribution in [0.25, 0.3) is 0 Å². The molecular formula is C22H43Br2N5O2. The first-order valence-electron chi connectivity index (χ1n) is 11.6. The monoisotopic (exact) mass is 567 g/mol. The van der Waals surface area contributed by atoms with E-state index < -0.39 is 5.60 Å². The summed E-state index contributed by atoms with van der Waals surface area (Å²) in [7, 11) is 4.46. The first kappa shape index (κ1) is 27.3. The van der Waals surface area contributed by atoms with E-state index in [-0.39, 0.29) is 40.1 Å². The van der Waals surface area contributed by atoms with Crippen LogP contribution >= 0.6 is 34.0 Å². The molecule has 9 heteroatoms. The predicted octanol–water partition coefficient (Wildman–Crippen LogP) is 2.59. The van der Waals surface area contributed by atoms with Crippen LogP contribution in [0.3, 0.4) is 0 Å². The highest BCUT2D eigenvalue weighted by Crippen LogP contribution is 2.33. The second-order valence-corrected chi connectivity index (χ2v) is 10.8. The summed E-state index contributed by atoms with van der Waals surface area (Å²) in [5.74, 6) is 0. The van der Waals surface area contributed by atoms with Crippen molar-refractivity contribution in [3.05, 3.63) is 0 Å². The number of hydrogen-bond donors (Lipinski definition) is 1. The van der Waals surface area contributed by atoms with Crippen LogP contribution in [-0.4, -0.2) is 115 Å². The largest absolute Gasteiger partial charge is 0.444 e. The molecule has 0 aromatic heterocycles. The fourth-order valence-electron chi connectivity index (χ4n) is 5.82. The summed E-state index contributed by atoms with van der Waals surface area (Å²) in [5, 5.41) is 3.44.